The molecule has 1 aromatic rings. The van der Waals surface area contributed by atoms with E-state index in [0.717, 1.165) is 19.4 Å². The third-order valence-corrected chi connectivity index (χ3v) is 2.67. The van der Waals surface area contributed by atoms with Crippen LogP contribution < -0.4 is 16.0 Å². The molecule has 0 bridgehead atoms. The zero-order valence-corrected chi connectivity index (χ0v) is 11.3. The molecule has 4 heteroatoms. The van der Waals surface area contributed by atoms with Crippen molar-refractivity contribution >= 4 is 6.03 Å². The monoisotopic (exact) mass is 249 g/mol. The Kier molecular flexibility index (Phi) is 6.87. The van der Waals surface area contributed by atoms with Crippen LogP contribution in [0.1, 0.15) is 17.5 Å². The highest BCUT2D eigenvalue weighted by Gasteiger charge is 1.98. The number of benzene rings is 1. The predicted molar refractivity (Wildman–Crippen MR) is 74.8 cm³/mol. The number of urea groups is 1. The van der Waals surface area contributed by atoms with Crippen molar-refractivity contribution in [2.45, 2.75) is 19.8 Å². The number of carbonyl (C=O) groups excluding carboxylic acids is 1. The van der Waals surface area contributed by atoms with Gasteiger partial charge in [-0.15, -0.1) is 0 Å². The van der Waals surface area contributed by atoms with Crippen LogP contribution in [-0.2, 0) is 6.42 Å². The van der Waals surface area contributed by atoms with E-state index in [2.05, 4.69) is 47.1 Å². The van der Waals surface area contributed by atoms with Gasteiger partial charge < -0.3 is 16.0 Å². The Balaban J connectivity index is 2.09. The van der Waals surface area contributed by atoms with Gasteiger partial charge in [0.05, 0.1) is 0 Å². The molecular formula is C14H23N3O. The summed E-state index contributed by atoms with van der Waals surface area (Å²) in [6.45, 7) is 4.24. The average Bonchev–Trinajstić information content (AvgIpc) is 2.35. The molecule has 0 aliphatic heterocycles. The zero-order valence-electron chi connectivity index (χ0n) is 11.3. The van der Waals surface area contributed by atoms with E-state index >= 15 is 0 Å². The van der Waals surface area contributed by atoms with Crippen molar-refractivity contribution in [1.29, 1.82) is 0 Å². The van der Waals surface area contributed by atoms with Crippen LogP contribution in [0.3, 0.4) is 0 Å². The second-order valence-electron chi connectivity index (χ2n) is 4.38. The molecule has 0 saturated heterocycles. The topological polar surface area (TPSA) is 53.2 Å². The lowest BCUT2D eigenvalue weighted by molar-refractivity contribution is 0.241. The fraction of sp³-hybridized carbons (Fsp3) is 0.500. The first-order chi connectivity index (χ1) is 8.72. The van der Waals surface area contributed by atoms with Gasteiger partial charge >= 0.3 is 6.03 Å². The summed E-state index contributed by atoms with van der Waals surface area (Å²) in [6, 6.07) is 8.39. The second-order valence-corrected chi connectivity index (χ2v) is 4.38. The normalized spacial score (nSPS) is 10.1. The first kappa shape index (κ1) is 14.5. The molecule has 4 nitrogen and oxygen atoms in total. The van der Waals surface area contributed by atoms with Gasteiger partial charge in [-0.1, -0.05) is 29.8 Å². The van der Waals surface area contributed by atoms with E-state index in [9.17, 15) is 4.79 Å². The van der Waals surface area contributed by atoms with E-state index in [1.165, 1.54) is 11.1 Å². The highest BCUT2D eigenvalue weighted by molar-refractivity contribution is 5.73. The molecule has 2 amide bonds. The van der Waals surface area contributed by atoms with Crippen molar-refractivity contribution < 1.29 is 4.79 Å². The van der Waals surface area contributed by atoms with Crippen molar-refractivity contribution in [3.8, 4) is 0 Å². The number of hydrogen-bond acceptors (Lipinski definition) is 2. The smallest absolute Gasteiger partial charge is 0.314 e. The van der Waals surface area contributed by atoms with Gasteiger partial charge in [-0.05, 0) is 32.4 Å². The minimum atomic E-state index is -0.0884. The van der Waals surface area contributed by atoms with Crippen LogP contribution in [0.15, 0.2) is 24.3 Å². The molecule has 0 heterocycles. The van der Waals surface area contributed by atoms with Crippen LogP contribution in [0.5, 0.6) is 0 Å². The van der Waals surface area contributed by atoms with E-state index < -0.39 is 0 Å². The molecule has 0 fully saturated rings. The second kappa shape index (κ2) is 8.53. The lowest BCUT2D eigenvalue weighted by atomic mass is 10.1. The van der Waals surface area contributed by atoms with Crippen molar-refractivity contribution in [2.24, 2.45) is 0 Å². The summed E-state index contributed by atoms with van der Waals surface area (Å²) < 4.78 is 0. The molecule has 0 saturated carbocycles. The Morgan fingerprint density at radius 1 is 1.17 bits per heavy atom. The lowest BCUT2D eigenvalue weighted by Crippen LogP contribution is -2.39. The molecule has 1 aromatic carbocycles. The Bertz CT molecular complexity index is 366. The van der Waals surface area contributed by atoms with Gasteiger partial charge in [0, 0.05) is 19.6 Å². The predicted octanol–water partition coefficient (Wildman–Crippen LogP) is 1.45. The third kappa shape index (κ3) is 6.25. The van der Waals surface area contributed by atoms with Crippen molar-refractivity contribution in [3.05, 3.63) is 35.4 Å². The molecule has 0 radical (unpaired) electrons. The maximum Gasteiger partial charge on any atom is 0.314 e. The number of nitrogens with one attached hydrogen (secondary N) is 3. The van der Waals surface area contributed by atoms with Gasteiger partial charge in [0.15, 0.2) is 0 Å². The summed E-state index contributed by atoms with van der Waals surface area (Å²) >= 11 is 0. The van der Waals surface area contributed by atoms with Gasteiger partial charge in [0.2, 0.25) is 0 Å². The summed E-state index contributed by atoms with van der Waals surface area (Å²) in [5.41, 5.74) is 2.61. The van der Waals surface area contributed by atoms with Crippen LogP contribution in [0, 0.1) is 6.92 Å². The molecule has 0 aliphatic rings. The molecule has 1 rings (SSSR count). The summed E-state index contributed by atoms with van der Waals surface area (Å²) in [4.78, 5) is 11.3. The fourth-order valence-corrected chi connectivity index (χ4v) is 1.73. The first-order valence-corrected chi connectivity index (χ1v) is 6.44. The van der Waals surface area contributed by atoms with Gasteiger partial charge in [-0.3, -0.25) is 0 Å². The van der Waals surface area contributed by atoms with Crippen LogP contribution in [0.25, 0.3) is 0 Å². The molecule has 0 aliphatic carbocycles. The quantitative estimate of drug-likeness (QED) is 0.641. The molecule has 0 aromatic heterocycles. The third-order valence-electron chi connectivity index (χ3n) is 2.67. The Morgan fingerprint density at radius 2 is 1.94 bits per heavy atom. The average molecular weight is 249 g/mol. The lowest BCUT2D eigenvalue weighted by Gasteiger charge is -2.07. The minimum Gasteiger partial charge on any atom is -0.338 e. The largest absolute Gasteiger partial charge is 0.338 e. The molecule has 0 atom stereocenters. The van der Waals surface area contributed by atoms with Crippen molar-refractivity contribution in [1.82, 2.24) is 16.0 Å². The SMILES string of the molecule is CNCCNC(=O)NCCCc1cccc(C)c1. The number of rotatable bonds is 7. The van der Waals surface area contributed by atoms with E-state index in [-0.39, 0.29) is 6.03 Å². The molecule has 100 valence electrons. The summed E-state index contributed by atoms with van der Waals surface area (Å²) in [6.07, 6.45) is 1.96. The number of aryl methyl sites for hydroxylation is 2. The maximum atomic E-state index is 11.3. The first-order valence-electron chi connectivity index (χ1n) is 6.44. The van der Waals surface area contributed by atoms with E-state index in [1.54, 1.807) is 0 Å². The summed E-state index contributed by atoms with van der Waals surface area (Å²) in [7, 11) is 1.86. The molecule has 0 spiro atoms. The fourth-order valence-electron chi connectivity index (χ4n) is 1.73. The van der Waals surface area contributed by atoms with Gasteiger partial charge in [-0.25, -0.2) is 4.79 Å². The number of hydrogen-bond donors (Lipinski definition) is 3. The van der Waals surface area contributed by atoms with Gasteiger partial charge in [0.1, 0.15) is 0 Å². The van der Waals surface area contributed by atoms with E-state index in [1.807, 2.05) is 7.05 Å². The Morgan fingerprint density at radius 3 is 2.67 bits per heavy atom. The minimum absolute atomic E-state index is 0.0884. The maximum absolute atomic E-state index is 11.3. The zero-order chi connectivity index (χ0) is 13.2. The highest BCUT2D eigenvalue weighted by Crippen LogP contribution is 2.05. The summed E-state index contributed by atoms with van der Waals surface area (Å²) in [5.74, 6) is 0. The number of amides is 2. The Hall–Kier alpha value is -1.55. The number of carbonyl (C=O) groups is 1. The van der Waals surface area contributed by atoms with E-state index in [0.29, 0.717) is 13.1 Å². The Labute approximate surface area is 109 Å². The van der Waals surface area contributed by atoms with Crippen LogP contribution in [0.2, 0.25) is 0 Å². The molecular weight excluding hydrogens is 226 g/mol. The van der Waals surface area contributed by atoms with Gasteiger partial charge in [0.25, 0.3) is 0 Å². The molecule has 3 N–H and O–H groups in total. The van der Waals surface area contributed by atoms with Crippen molar-refractivity contribution in [2.75, 3.05) is 26.7 Å². The number of likely N-dealkylation sites (N-methyl/N-ethyl adjacent to an activating group) is 1. The van der Waals surface area contributed by atoms with Crippen molar-refractivity contribution in [3.63, 3.8) is 0 Å². The highest BCUT2D eigenvalue weighted by atomic mass is 16.2. The molecule has 18 heavy (non-hydrogen) atoms. The van der Waals surface area contributed by atoms with Crippen LogP contribution >= 0.6 is 0 Å². The standard InChI is InChI=1S/C14H23N3O/c1-12-5-3-6-13(11-12)7-4-8-16-14(18)17-10-9-15-2/h3,5-6,11,15H,4,7-10H2,1-2H3,(H2,16,17,18). The van der Waals surface area contributed by atoms with Crippen LogP contribution in [0.4, 0.5) is 4.79 Å². The van der Waals surface area contributed by atoms with E-state index in [4.69, 9.17) is 0 Å². The molecule has 0 unspecified atom stereocenters. The summed E-state index contributed by atoms with van der Waals surface area (Å²) in [5, 5.41) is 8.60. The van der Waals surface area contributed by atoms with Crippen LogP contribution in [-0.4, -0.2) is 32.7 Å². The van der Waals surface area contributed by atoms with Gasteiger partial charge in [-0.2, -0.15) is 0 Å².